The average Bonchev–Trinajstić information content (AvgIpc) is 2.27. The zero-order valence-corrected chi connectivity index (χ0v) is 8.57. The minimum absolute atomic E-state index is 0.184. The summed E-state index contributed by atoms with van der Waals surface area (Å²) in [5, 5.41) is 8.69. The summed E-state index contributed by atoms with van der Waals surface area (Å²) in [6.45, 7) is 5.46. The summed E-state index contributed by atoms with van der Waals surface area (Å²) in [5.41, 5.74) is 1.78. The predicted octanol–water partition coefficient (Wildman–Crippen LogP) is 1.77. The van der Waals surface area contributed by atoms with Crippen molar-refractivity contribution in [2.45, 2.75) is 6.92 Å². The van der Waals surface area contributed by atoms with Gasteiger partial charge in [-0.05, 0) is 18.6 Å². The summed E-state index contributed by atoms with van der Waals surface area (Å²) in [6.07, 6.45) is 1.33. The second-order valence-electron chi connectivity index (χ2n) is 3.00. The van der Waals surface area contributed by atoms with E-state index < -0.39 is 5.97 Å². The molecule has 0 radical (unpaired) electrons. The third kappa shape index (κ3) is 2.20. The van der Waals surface area contributed by atoms with Crippen LogP contribution in [0, 0.1) is 11.3 Å². The van der Waals surface area contributed by atoms with E-state index in [-0.39, 0.29) is 5.69 Å². The Kier molecular flexibility index (Phi) is 3.19. The molecule has 0 N–H and O–H groups in total. The summed E-state index contributed by atoms with van der Waals surface area (Å²) in [7, 11) is 1.28. The number of ether oxygens (including phenoxy) is 1. The van der Waals surface area contributed by atoms with Crippen LogP contribution < -0.4 is 0 Å². The van der Waals surface area contributed by atoms with Crippen molar-refractivity contribution < 1.29 is 9.53 Å². The van der Waals surface area contributed by atoms with Gasteiger partial charge in [-0.2, -0.15) is 5.26 Å². The van der Waals surface area contributed by atoms with Gasteiger partial charge >= 0.3 is 5.97 Å². The van der Waals surface area contributed by atoms with Gasteiger partial charge in [-0.25, -0.2) is 9.78 Å². The van der Waals surface area contributed by atoms with Crippen molar-refractivity contribution >= 4 is 11.5 Å². The molecule has 0 fully saturated rings. The lowest BCUT2D eigenvalue weighted by Gasteiger charge is -2.06. The number of nitriles is 1. The lowest BCUT2D eigenvalue weighted by atomic mass is 10.1. The summed E-state index contributed by atoms with van der Waals surface area (Å²) < 4.78 is 4.58. The summed E-state index contributed by atoms with van der Waals surface area (Å²) in [5.74, 6) is -0.530. The summed E-state index contributed by atoms with van der Waals surface area (Å²) in [4.78, 5) is 15.2. The number of hydrogen-bond donors (Lipinski definition) is 0. The molecule has 0 atom stereocenters. The topological polar surface area (TPSA) is 63.0 Å². The number of nitrogens with zero attached hydrogens (tertiary/aromatic N) is 2. The van der Waals surface area contributed by atoms with Crippen molar-refractivity contribution in [2.24, 2.45) is 0 Å². The molecule has 0 saturated heterocycles. The van der Waals surface area contributed by atoms with Gasteiger partial charge in [0.15, 0.2) is 5.69 Å². The van der Waals surface area contributed by atoms with Gasteiger partial charge in [0, 0.05) is 11.8 Å². The van der Waals surface area contributed by atoms with E-state index in [2.05, 4.69) is 16.3 Å². The lowest BCUT2D eigenvalue weighted by molar-refractivity contribution is 0.0593. The van der Waals surface area contributed by atoms with Crippen molar-refractivity contribution in [1.29, 1.82) is 5.26 Å². The molecule has 1 aromatic rings. The number of carbonyl (C=O) groups is 1. The summed E-state index contributed by atoms with van der Waals surface area (Å²) in [6, 6.07) is 3.52. The molecule has 4 nitrogen and oxygen atoms in total. The van der Waals surface area contributed by atoms with E-state index in [0.29, 0.717) is 16.7 Å². The number of aromatic nitrogens is 1. The molecule has 0 aliphatic rings. The van der Waals surface area contributed by atoms with E-state index in [9.17, 15) is 4.79 Å². The smallest absolute Gasteiger partial charge is 0.357 e. The highest BCUT2D eigenvalue weighted by atomic mass is 16.5. The highest BCUT2D eigenvalue weighted by Gasteiger charge is 2.14. The average molecular weight is 202 g/mol. The molecule has 0 bridgehead atoms. The maximum atomic E-state index is 11.3. The number of allylic oxidation sites excluding steroid dienone is 1. The number of rotatable bonds is 2. The molecule has 15 heavy (non-hydrogen) atoms. The number of methoxy groups -OCH3 is 1. The van der Waals surface area contributed by atoms with Gasteiger partial charge in [-0.15, -0.1) is 0 Å². The van der Waals surface area contributed by atoms with Crippen LogP contribution in [0.4, 0.5) is 0 Å². The fourth-order valence-electron chi connectivity index (χ4n) is 1.11. The first-order valence-corrected chi connectivity index (χ1v) is 4.24. The lowest BCUT2D eigenvalue weighted by Crippen LogP contribution is -2.08. The number of esters is 1. The van der Waals surface area contributed by atoms with Gasteiger partial charge in [-0.1, -0.05) is 6.58 Å². The molecule has 0 aliphatic heterocycles. The maximum absolute atomic E-state index is 11.3. The zero-order chi connectivity index (χ0) is 11.4. The number of hydrogen-bond acceptors (Lipinski definition) is 4. The van der Waals surface area contributed by atoms with E-state index in [4.69, 9.17) is 5.26 Å². The van der Waals surface area contributed by atoms with Crippen molar-refractivity contribution in [2.75, 3.05) is 7.11 Å². The van der Waals surface area contributed by atoms with Crippen LogP contribution in [0.15, 0.2) is 18.8 Å². The van der Waals surface area contributed by atoms with Crippen LogP contribution in [-0.4, -0.2) is 18.1 Å². The Hall–Kier alpha value is -2.15. The van der Waals surface area contributed by atoms with Crippen molar-refractivity contribution in [3.05, 3.63) is 35.7 Å². The molecule has 4 heteroatoms. The van der Waals surface area contributed by atoms with E-state index in [1.165, 1.54) is 13.3 Å². The SMILES string of the molecule is C=C(C)c1cc(C#N)cnc1C(=O)OC. The number of carbonyl (C=O) groups excluding carboxylic acids is 1. The standard InChI is InChI=1S/C11H10N2O2/c1-7(2)9-4-8(5-12)6-13-10(9)11(14)15-3/h4,6H,1H2,2-3H3. The van der Waals surface area contributed by atoms with Crippen molar-refractivity contribution in [3.63, 3.8) is 0 Å². The quantitative estimate of drug-likeness (QED) is 0.685. The van der Waals surface area contributed by atoms with Gasteiger partial charge in [0.25, 0.3) is 0 Å². The predicted molar refractivity (Wildman–Crippen MR) is 55.0 cm³/mol. The normalized spacial score (nSPS) is 9.13. The Morgan fingerprint density at radius 1 is 1.67 bits per heavy atom. The zero-order valence-electron chi connectivity index (χ0n) is 8.57. The van der Waals surface area contributed by atoms with Crippen molar-refractivity contribution in [3.8, 4) is 6.07 Å². The highest BCUT2D eigenvalue weighted by molar-refractivity contribution is 5.93. The summed E-state index contributed by atoms with van der Waals surface area (Å²) >= 11 is 0. The number of pyridine rings is 1. The molecule has 76 valence electrons. The largest absolute Gasteiger partial charge is 0.464 e. The van der Waals surface area contributed by atoms with Crippen LogP contribution in [0.5, 0.6) is 0 Å². The van der Waals surface area contributed by atoms with Crippen LogP contribution in [0.2, 0.25) is 0 Å². The Morgan fingerprint density at radius 2 is 2.33 bits per heavy atom. The molecule has 0 aliphatic carbocycles. The monoisotopic (exact) mass is 202 g/mol. The molecule has 0 spiro atoms. The van der Waals surface area contributed by atoms with E-state index in [1.807, 2.05) is 6.07 Å². The first-order valence-electron chi connectivity index (χ1n) is 4.24. The first-order chi connectivity index (χ1) is 7.10. The molecule has 0 aromatic carbocycles. The van der Waals surface area contributed by atoms with Crippen molar-refractivity contribution in [1.82, 2.24) is 4.98 Å². The second-order valence-corrected chi connectivity index (χ2v) is 3.00. The fourth-order valence-corrected chi connectivity index (χ4v) is 1.11. The first kappa shape index (κ1) is 10.9. The van der Waals surface area contributed by atoms with Gasteiger partial charge in [0.05, 0.1) is 12.7 Å². The Labute approximate surface area is 87.8 Å². The maximum Gasteiger partial charge on any atom is 0.357 e. The third-order valence-electron chi connectivity index (χ3n) is 1.86. The van der Waals surface area contributed by atoms with E-state index in [0.717, 1.165) is 0 Å². The molecular weight excluding hydrogens is 192 g/mol. The Morgan fingerprint density at radius 3 is 2.80 bits per heavy atom. The molecule has 0 amide bonds. The molecule has 1 heterocycles. The second kappa shape index (κ2) is 4.38. The Balaban J connectivity index is 3.35. The molecule has 1 rings (SSSR count). The molecule has 1 aromatic heterocycles. The van der Waals surface area contributed by atoms with Gasteiger partial charge in [-0.3, -0.25) is 0 Å². The fraction of sp³-hybridized carbons (Fsp3) is 0.182. The van der Waals surface area contributed by atoms with Gasteiger partial charge in [0.2, 0.25) is 0 Å². The minimum Gasteiger partial charge on any atom is -0.464 e. The minimum atomic E-state index is -0.530. The molecule has 0 saturated carbocycles. The molecular formula is C11H10N2O2. The van der Waals surface area contributed by atoms with Crippen LogP contribution in [0.25, 0.3) is 5.57 Å². The highest BCUT2D eigenvalue weighted by Crippen LogP contribution is 2.17. The van der Waals surface area contributed by atoms with Gasteiger partial charge < -0.3 is 4.74 Å². The third-order valence-corrected chi connectivity index (χ3v) is 1.86. The van der Waals surface area contributed by atoms with Crippen LogP contribution >= 0.6 is 0 Å². The van der Waals surface area contributed by atoms with E-state index >= 15 is 0 Å². The van der Waals surface area contributed by atoms with Crippen LogP contribution in [0.3, 0.4) is 0 Å². The van der Waals surface area contributed by atoms with Gasteiger partial charge in [0.1, 0.15) is 6.07 Å². The molecule has 0 unspecified atom stereocenters. The van der Waals surface area contributed by atoms with E-state index in [1.54, 1.807) is 13.0 Å². The van der Waals surface area contributed by atoms with Crippen LogP contribution in [0.1, 0.15) is 28.5 Å². The van der Waals surface area contributed by atoms with Crippen LogP contribution in [-0.2, 0) is 4.74 Å². The Bertz CT molecular complexity index is 458.